The van der Waals surface area contributed by atoms with E-state index in [0.717, 1.165) is 0 Å². The number of nitrogens with one attached hydrogen (secondary N) is 3. The van der Waals surface area contributed by atoms with Crippen molar-refractivity contribution in [3.63, 3.8) is 0 Å². The number of anilines is 4. The van der Waals surface area contributed by atoms with E-state index in [1.54, 1.807) is 36.4 Å². The number of aromatic nitrogens is 2. The monoisotopic (exact) mass is 407 g/mol. The number of carbonyl (C=O) groups excluding carboxylic acids is 1. The number of amides is 2. The number of fused-ring (bicyclic) bond motifs is 1. The number of nitrogens with zero attached hydrogens (tertiary/aromatic N) is 2. The Morgan fingerprint density at radius 3 is 2.41 bits per heavy atom. The van der Waals surface area contributed by atoms with Crippen LogP contribution in [0.3, 0.4) is 0 Å². The van der Waals surface area contributed by atoms with Crippen LogP contribution in [0.5, 0.6) is 0 Å². The van der Waals surface area contributed by atoms with Crippen LogP contribution in [0.1, 0.15) is 0 Å². The van der Waals surface area contributed by atoms with Crippen molar-refractivity contribution in [1.82, 2.24) is 9.97 Å². The smallest absolute Gasteiger partial charge is 0.323 e. The summed E-state index contributed by atoms with van der Waals surface area (Å²) in [5.41, 5.74) is 2.52. The quantitative estimate of drug-likeness (QED) is 0.399. The van der Waals surface area contributed by atoms with Crippen molar-refractivity contribution < 1.29 is 9.18 Å². The minimum Gasteiger partial charge on any atom is -0.340 e. The molecule has 0 saturated heterocycles. The van der Waals surface area contributed by atoms with Crippen LogP contribution in [0, 0.1) is 5.82 Å². The number of para-hydroxylation sites is 1. The Kier molecular flexibility index (Phi) is 5.22. The molecule has 0 saturated carbocycles. The van der Waals surface area contributed by atoms with Crippen LogP contribution in [0.15, 0.2) is 73.1 Å². The Labute approximate surface area is 170 Å². The Morgan fingerprint density at radius 1 is 0.862 bits per heavy atom. The molecule has 0 fully saturated rings. The second kappa shape index (κ2) is 8.12. The Balaban J connectivity index is 1.58. The van der Waals surface area contributed by atoms with Gasteiger partial charge in [-0.25, -0.2) is 19.2 Å². The molecule has 1 aromatic heterocycles. The molecule has 4 aromatic rings. The number of rotatable bonds is 4. The first-order valence-electron chi connectivity index (χ1n) is 8.68. The van der Waals surface area contributed by atoms with E-state index in [1.807, 2.05) is 18.2 Å². The lowest BCUT2D eigenvalue weighted by molar-refractivity contribution is 0.262. The summed E-state index contributed by atoms with van der Waals surface area (Å²) in [4.78, 5) is 20.7. The second-order valence-electron chi connectivity index (χ2n) is 6.15. The zero-order valence-corrected chi connectivity index (χ0v) is 15.7. The molecule has 0 aliphatic rings. The van der Waals surface area contributed by atoms with E-state index in [0.29, 0.717) is 33.8 Å². The van der Waals surface area contributed by atoms with Crippen LogP contribution in [-0.2, 0) is 0 Å². The summed E-state index contributed by atoms with van der Waals surface area (Å²) >= 11 is 5.85. The van der Waals surface area contributed by atoms with E-state index in [4.69, 9.17) is 11.6 Å². The highest BCUT2D eigenvalue weighted by Gasteiger charge is 2.09. The van der Waals surface area contributed by atoms with E-state index in [-0.39, 0.29) is 11.1 Å². The molecule has 144 valence electrons. The van der Waals surface area contributed by atoms with Crippen molar-refractivity contribution in [1.29, 1.82) is 0 Å². The third-order valence-corrected chi connectivity index (χ3v) is 4.40. The lowest BCUT2D eigenvalue weighted by Gasteiger charge is -2.11. The lowest BCUT2D eigenvalue weighted by atomic mass is 10.2. The van der Waals surface area contributed by atoms with Crippen LogP contribution in [0.2, 0.25) is 5.02 Å². The van der Waals surface area contributed by atoms with Crippen LogP contribution in [-0.4, -0.2) is 16.0 Å². The van der Waals surface area contributed by atoms with Crippen molar-refractivity contribution in [3.05, 3.63) is 83.9 Å². The molecule has 1 heterocycles. The number of hydrogen-bond acceptors (Lipinski definition) is 4. The second-order valence-corrected chi connectivity index (χ2v) is 6.56. The number of benzene rings is 3. The van der Waals surface area contributed by atoms with E-state index in [1.165, 1.54) is 18.5 Å². The fourth-order valence-electron chi connectivity index (χ4n) is 2.76. The fraction of sp³-hybridized carbons (Fsp3) is 0. The summed E-state index contributed by atoms with van der Waals surface area (Å²) < 4.78 is 13.4. The topological polar surface area (TPSA) is 78.9 Å². The van der Waals surface area contributed by atoms with Gasteiger partial charge in [-0.2, -0.15) is 0 Å². The normalized spacial score (nSPS) is 10.6. The first-order chi connectivity index (χ1) is 14.1. The van der Waals surface area contributed by atoms with Crippen LogP contribution >= 0.6 is 11.6 Å². The predicted molar refractivity (Wildman–Crippen MR) is 113 cm³/mol. The molecule has 0 spiro atoms. The predicted octanol–water partition coefficient (Wildman–Crippen LogP) is 5.81. The summed E-state index contributed by atoms with van der Waals surface area (Å²) in [5, 5.41) is 9.34. The van der Waals surface area contributed by atoms with Gasteiger partial charge in [0.25, 0.3) is 0 Å². The number of carbonyl (C=O) groups is 1. The minimum absolute atomic E-state index is 0.00769. The molecule has 29 heavy (non-hydrogen) atoms. The molecule has 0 bridgehead atoms. The summed E-state index contributed by atoms with van der Waals surface area (Å²) in [5.74, 6) is 0.00506. The molecule has 0 aliphatic carbocycles. The molecule has 2 amide bonds. The average Bonchev–Trinajstić information content (AvgIpc) is 2.72. The molecule has 0 radical (unpaired) electrons. The van der Waals surface area contributed by atoms with Gasteiger partial charge in [-0.15, -0.1) is 0 Å². The molecule has 8 heteroatoms. The highest BCUT2D eigenvalue weighted by atomic mass is 35.5. The van der Waals surface area contributed by atoms with Gasteiger partial charge in [0.15, 0.2) is 0 Å². The van der Waals surface area contributed by atoms with Crippen molar-refractivity contribution >= 4 is 51.4 Å². The van der Waals surface area contributed by atoms with Gasteiger partial charge in [0.05, 0.1) is 10.5 Å². The van der Waals surface area contributed by atoms with Gasteiger partial charge >= 0.3 is 6.03 Å². The van der Waals surface area contributed by atoms with Gasteiger partial charge in [0.1, 0.15) is 18.0 Å². The van der Waals surface area contributed by atoms with Gasteiger partial charge in [-0.1, -0.05) is 29.8 Å². The highest BCUT2D eigenvalue weighted by Crippen LogP contribution is 2.27. The van der Waals surface area contributed by atoms with Gasteiger partial charge in [-0.05, 0) is 48.5 Å². The first kappa shape index (κ1) is 18.6. The van der Waals surface area contributed by atoms with Crippen LogP contribution < -0.4 is 16.0 Å². The van der Waals surface area contributed by atoms with Crippen LogP contribution in [0.25, 0.3) is 10.9 Å². The van der Waals surface area contributed by atoms with E-state index >= 15 is 0 Å². The van der Waals surface area contributed by atoms with Gasteiger partial charge in [-0.3, -0.25) is 0 Å². The SMILES string of the molecule is O=C(Nc1ccccc1)Nc1ccc2ncnc(Nc3ccc(F)c(Cl)c3)c2c1. The van der Waals surface area contributed by atoms with Gasteiger partial charge < -0.3 is 16.0 Å². The molecule has 0 aliphatic heterocycles. The molecular formula is C21H15ClFN5O. The van der Waals surface area contributed by atoms with Crippen molar-refractivity contribution in [2.45, 2.75) is 0 Å². The maximum Gasteiger partial charge on any atom is 0.323 e. The standard InChI is InChI=1S/C21H15ClFN5O/c22-17-11-15(6-8-18(17)23)26-20-16-10-14(7-9-19(16)24-12-25-20)28-21(29)27-13-4-2-1-3-5-13/h1-12H,(H,24,25,26)(H2,27,28,29). The first-order valence-corrected chi connectivity index (χ1v) is 9.06. The Bertz CT molecular complexity index is 1190. The zero-order chi connectivity index (χ0) is 20.2. The molecular weight excluding hydrogens is 393 g/mol. The summed E-state index contributed by atoms with van der Waals surface area (Å²) in [6, 6.07) is 18.4. The average molecular weight is 408 g/mol. The van der Waals surface area contributed by atoms with E-state index < -0.39 is 5.82 Å². The Morgan fingerprint density at radius 2 is 1.62 bits per heavy atom. The number of hydrogen-bond donors (Lipinski definition) is 3. The molecule has 0 unspecified atom stereocenters. The van der Waals surface area contributed by atoms with Crippen molar-refractivity contribution in [3.8, 4) is 0 Å². The van der Waals surface area contributed by atoms with E-state index in [2.05, 4.69) is 25.9 Å². The van der Waals surface area contributed by atoms with Crippen LogP contribution in [0.4, 0.5) is 32.1 Å². The lowest BCUT2D eigenvalue weighted by Crippen LogP contribution is -2.19. The Hall–Kier alpha value is -3.71. The van der Waals surface area contributed by atoms with E-state index in [9.17, 15) is 9.18 Å². The highest BCUT2D eigenvalue weighted by molar-refractivity contribution is 6.31. The van der Waals surface area contributed by atoms with Gasteiger partial charge in [0.2, 0.25) is 0 Å². The third kappa shape index (κ3) is 4.41. The summed E-state index contributed by atoms with van der Waals surface area (Å²) in [7, 11) is 0. The van der Waals surface area contributed by atoms with Crippen molar-refractivity contribution in [2.75, 3.05) is 16.0 Å². The summed E-state index contributed by atoms with van der Waals surface area (Å²) in [6.45, 7) is 0. The number of halogens is 2. The van der Waals surface area contributed by atoms with Gasteiger partial charge in [0, 0.05) is 22.4 Å². The molecule has 0 atom stereocenters. The molecule has 4 rings (SSSR count). The fourth-order valence-corrected chi connectivity index (χ4v) is 2.94. The molecule has 6 nitrogen and oxygen atoms in total. The molecule has 3 aromatic carbocycles. The third-order valence-electron chi connectivity index (χ3n) is 4.11. The van der Waals surface area contributed by atoms with Crippen molar-refractivity contribution in [2.24, 2.45) is 0 Å². The zero-order valence-electron chi connectivity index (χ0n) is 15.0. The maximum absolute atomic E-state index is 13.4. The maximum atomic E-state index is 13.4. The minimum atomic E-state index is -0.499. The molecule has 3 N–H and O–H groups in total. The number of urea groups is 1. The largest absolute Gasteiger partial charge is 0.340 e. The summed E-state index contributed by atoms with van der Waals surface area (Å²) in [6.07, 6.45) is 1.42.